The van der Waals surface area contributed by atoms with Crippen LogP contribution in [0.25, 0.3) is 22.4 Å². The van der Waals surface area contributed by atoms with Crippen LogP contribution in [0, 0.1) is 6.92 Å². The zero-order chi connectivity index (χ0) is 21.6. The maximum atomic E-state index is 13.5. The summed E-state index contributed by atoms with van der Waals surface area (Å²) in [5.74, 6) is 1.92. The van der Waals surface area contributed by atoms with E-state index in [-0.39, 0.29) is 23.5 Å². The van der Waals surface area contributed by atoms with E-state index in [9.17, 15) is 13.2 Å². The Morgan fingerprint density at radius 3 is 2.55 bits per heavy atom. The smallest absolute Gasteiger partial charge is 0.254 e. The third kappa shape index (κ3) is 3.97. The number of aromatic nitrogens is 1. The molecule has 31 heavy (non-hydrogen) atoms. The number of fused-ring (bicyclic) bond motifs is 1. The highest BCUT2D eigenvalue weighted by Gasteiger charge is 2.34. The largest absolute Gasteiger partial charge is 0.460 e. The van der Waals surface area contributed by atoms with Gasteiger partial charge in [0.2, 0.25) is 0 Å². The first-order chi connectivity index (χ1) is 14.9. The van der Waals surface area contributed by atoms with Gasteiger partial charge in [0.15, 0.2) is 15.6 Å². The van der Waals surface area contributed by atoms with Crippen molar-refractivity contribution >= 4 is 26.6 Å². The molecule has 4 heterocycles. The lowest BCUT2D eigenvalue weighted by Crippen LogP contribution is -2.52. The van der Waals surface area contributed by atoms with E-state index in [1.165, 1.54) is 0 Å². The van der Waals surface area contributed by atoms with Crippen molar-refractivity contribution in [1.29, 1.82) is 0 Å². The summed E-state index contributed by atoms with van der Waals surface area (Å²) in [5, 5.41) is 0.823. The highest BCUT2D eigenvalue weighted by atomic mass is 32.2. The van der Waals surface area contributed by atoms with Crippen LogP contribution in [-0.4, -0.2) is 72.8 Å². The third-order valence-electron chi connectivity index (χ3n) is 6.27. The molecule has 2 saturated heterocycles. The summed E-state index contributed by atoms with van der Waals surface area (Å²) in [6, 6.07) is 13.3. The number of hydrogen-bond donors (Lipinski definition) is 0. The van der Waals surface area contributed by atoms with E-state index in [1.54, 1.807) is 0 Å². The fraction of sp³-hybridized carbons (Fsp3) is 0.391. The first-order valence-corrected chi connectivity index (χ1v) is 12.4. The summed E-state index contributed by atoms with van der Waals surface area (Å²) >= 11 is 0. The fourth-order valence-electron chi connectivity index (χ4n) is 4.57. The van der Waals surface area contributed by atoms with Crippen LogP contribution in [0.4, 0.5) is 0 Å². The van der Waals surface area contributed by atoms with Gasteiger partial charge in [0.25, 0.3) is 5.91 Å². The molecule has 2 fully saturated rings. The molecule has 0 aliphatic carbocycles. The lowest BCUT2D eigenvalue weighted by atomic mass is 10.0. The quantitative estimate of drug-likeness (QED) is 0.624. The van der Waals surface area contributed by atoms with Gasteiger partial charge < -0.3 is 9.32 Å². The molecule has 162 valence electrons. The number of carbonyl (C=O) groups is 1. The lowest BCUT2D eigenvalue weighted by Gasteiger charge is -2.37. The Hall–Kier alpha value is -2.71. The summed E-state index contributed by atoms with van der Waals surface area (Å²) in [6.07, 6.45) is 0.692. The van der Waals surface area contributed by atoms with Crippen LogP contribution in [0.1, 0.15) is 22.5 Å². The van der Waals surface area contributed by atoms with Crippen molar-refractivity contribution in [2.24, 2.45) is 0 Å². The van der Waals surface area contributed by atoms with Crippen LogP contribution in [0.15, 0.2) is 46.9 Å². The number of amides is 1. The molecule has 7 nitrogen and oxygen atoms in total. The average molecular weight is 440 g/mol. The number of nitrogens with zero attached hydrogens (tertiary/aromatic N) is 3. The van der Waals surface area contributed by atoms with Crippen LogP contribution in [-0.2, 0) is 9.84 Å². The zero-order valence-corrected chi connectivity index (χ0v) is 18.3. The summed E-state index contributed by atoms with van der Waals surface area (Å²) < 4.78 is 29.4. The molecular formula is C23H25N3O4S. The van der Waals surface area contributed by atoms with Crippen molar-refractivity contribution in [2.45, 2.75) is 19.4 Å². The second kappa shape index (κ2) is 7.76. The predicted octanol–water partition coefficient (Wildman–Crippen LogP) is 2.75. The Bertz CT molecular complexity index is 1240. The van der Waals surface area contributed by atoms with Crippen molar-refractivity contribution in [3.05, 3.63) is 53.8 Å². The summed E-state index contributed by atoms with van der Waals surface area (Å²) in [4.78, 5) is 22.3. The molecule has 2 aliphatic heterocycles. The average Bonchev–Trinajstić information content (AvgIpc) is 3.37. The summed E-state index contributed by atoms with van der Waals surface area (Å²) in [5.41, 5.74) is 2.02. The fourth-order valence-corrected chi connectivity index (χ4v) is 6.34. The maximum Gasteiger partial charge on any atom is 0.254 e. The van der Waals surface area contributed by atoms with Gasteiger partial charge in [-0.2, -0.15) is 0 Å². The van der Waals surface area contributed by atoms with Gasteiger partial charge >= 0.3 is 0 Å². The molecule has 0 radical (unpaired) electrons. The minimum absolute atomic E-state index is 0.0261. The van der Waals surface area contributed by atoms with Crippen LogP contribution in [0.5, 0.6) is 0 Å². The summed E-state index contributed by atoms with van der Waals surface area (Å²) in [7, 11) is -2.91. The number of hydrogen-bond acceptors (Lipinski definition) is 6. The Balaban J connectivity index is 1.40. The van der Waals surface area contributed by atoms with E-state index >= 15 is 0 Å². The highest BCUT2D eigenvalue weighted by Crippen LogP contribution is 2.28. The molecular weight excluding hydrogens is 414 g/mol. The zero-order valence-electron chi connectivity index (χ0n) is 17.5. The molecule has 3 aromatic rings. The van der Waals surface area contributed by atoms with Crippen molar-refractivity contribution in [3.63, 3.8) is 0 Å². The van der Waals surface area contributed by atoms with Crippen LogP contribution >= 0.6 is 0 Å². The highest BCUT2D eigenvalue weighted by molar-refractivity contribution is 7.91. The van der Waals surface area contributed by atoms with Gasteiger partial charge in [0, 0.05) is 37.6 Å². The second-order valence-corrected chi connectivity index (χ2v) is 10.6. The van der Waals surface area contributed by atoms with Crippen molar-refractivity contribution < 1.29 is 17.6 Å². The minimum Gasteiger partial charge on any atom is -0.460 e. The minimum atomic E-state index is -2.91. The van der Waals surface area contributed by atoms with E-state index < -0.39 is 9.84 Å². The molecule has 2 aromatic heterocycles. The Kier molecular flexibility index (Phi) is 5.06. The van der Waals surface area contributed by atoms with E-state index in [1.807, 2.05) is 54.3 Å². The number of rotatable bonds is 3. The van der Waals surface area contributed by atoms with Gasteiger partial charge in [-0.3, -0.25) is 9.69 Å². The number of carbonyl (C=O) groups excluding carboxylic acids is 1. The molecule has 0 N–H and O–H groups in total. The van der Waals surface area contributed by atoms with E-state index in [0.29, 0.717) is 49.6 Å². The number of benzene rings is 1. The van der Waals surface area contributed by atoms with Gasteiger partial charge in [0.1, 0.15) is 11.5 Å². The van der Waals surface area contributed by atoms with E-state index in [2.05, 4.69) is 4.90 Å². The predicted molar refractivity (Wildman–Crippen MR) is 119 cm³/mol. The van der Waals surface area contributed by atoms with Gasteiger partial charge in [-0.15, -0.1) is 0 Å². The van der Waals surface area contributed by atoms with Crippen LogP contribution < -0.4 is 0 Å². The third-order valence-corrected chi connectivity index (χ3v) is 8.02. The molecule has 1 unspecified atom stereocenters. The number of aryl methyl sites for hydroxylation is 1. The molecule has 0 saturated carbocycles. The van der Waals surface area contributed by atoms with Gasteiger partial charge in [-0.25, -0.2) is 13.4 Å². The first-order valence-electron chi connectivity index (χ1n) is 10.6. The Labute approximate surface area is 181 Å². The molecule has 0 bridgehead atoms. The van der Waals surface area contributed by atoms with Crippen molar-refractivity contribution in [2.75, 3.05) is 37.7 Å². The number of pyridine rings is 1. The molecule has 2 aliphatic rings. The van der Waals surface area contributed by atoms with E-state index in [4.69, 9.17) is 9.40 Å². The molecule has 1 amide bonds. The summed E-state index contributed by atoms with van der Waals surface area (Å²) in [6.45, 7) is 4.44. The molecule has 1 atom stereocenters. The Morgan fingerprint density at radius 2 is 1.87 bits per heavy atom. The number of piperazine rings is 1. The lowest BCUT2D eigenvalue weighted by molar-refractivity contribution is 0.0589. The van der Waals surface area contributed by atoms with Gasteiger partial charge in [-0.1, -0.05) is 18.2 Å². The van der Waals surface area contributed by atoms with Gasteiger partial charge in [-0.05, 0) is 37.6 Å². The second-order valence-electron chi connectivity index (χ2n) is 8.37. The molecule has 0 spiro atoms. The SMILES string of the molecule is Cc1ccc(-c2cc(C(=O)N3CCN(C4CCS(=O)(=O)C4)CC3)c3ccccc3n2)o1. The Morgan fingerprint density at radius 1 is 1.10 bits per heavy atom. The van der Waals surface area contributed by atoms with E-state index in [0.717, 1.165) is 16.7 Å². The number of sulfone groups is 1. The monoisotopic (exact) mass is 439 g/mol. The molecule has 1 aromatic carbocycles. The topological polar surface area (TPSA) is 83.7 Å². The van der Waals surface area contributed by atoms with Crippen LogP contribution in [0.2, 0.25) is 0 Å². The number of para-hydroxylation sites is 1. The standard InChI is InChI=1S/C23H25N3O4S/c1-16-6-7-22(30-16)21-14-19(18-4-2-3-5-20(18)24-21)23(27)26-11-9-25(10-12-26)17-8-13-31(28,29)15-17/h2-7,14,17H,8-13,15H2,1H3. The van der Waals surface area contributed by atoms with Gasteiger partial charge in [0.05, 0.1) is 22.6 Å². The van der Waals surface area contributed by atoms with Crippen LogP contribution in [0.3, 0.4) is 0 Å². The number of furan rings is 1. The molecule has 5 rings (SSSR count). The molecule has 8 heteroatoms. The van der Waals surface area contributed by atoms with Crippen molar-refractivity contribution in [3.8, 4) is 11.5 Å². The van der Waals surface area contributed by atoms with Crippen molar-refractivity contribution in [1.82, 2.24) is 14.8 Å². The first kappa shape index (κ1) is 20.2. The maximum absolute atomic E-state index is 13.5. The normalized spacial score (nSPS) is 21.6.